The lowest BCUT2D eigenvalue weighted by molar-refractivity contribution is 0.413. The second-order valence-electron chi connectivity index (χ2n) is 6.29. The first-order chi connectivity index (χ1) is 11.6. The minimum atomic E-state index is -0.0418. The first kappa shape index (κ1) is 16.1. The van der Waals surface area contributed by atoms with E-state index in [4.69, 9.17) is 9.47 Å². The minimum Gasteiger partial charge on any atom is -0.497 e. The van der Waals surface area contributed by atoms with E-state index in [9.17, 15) is 0 Å². The van der Waals surface area contributed by atoms with E-state index in [1.807, 2.05) is 42.5 Å². The Balaban J connectivity index is 1.77. The fourth-order valence-corrected chi connectivity index (χ4v) is 2.74. The summed E-state index contributed by atoms with van der Waals surface area (Å²) in [5, 5.41) is 0. The highest BCUT2D eigenvalue weighted by Gasteiger charge is 2.22. The van der Waals surface area contributed by atoms with Gasteiger partial charge in [-0.15, -0.1) is 0 Å². The highest BCUT2D eigenvalue weighted by molar-refractivity contribution is 5.41. The number of benzene rings is 3. The van der Waals surface area contributed by atoms with Gasteiger partial charge in [0.2, 0.25) is 0 Å². The Labute approximate surface area is 143 Å². The van der Waals surface area contributed by atoms with Gasteiger partial charge in [-0.3, -0.25) is 0 Å². The van der Waals surface area contributed by atoms with Crippen LogP contribution in [0.3, 0.4) is 0 Å². The summed E-state index contributed by atoms with van der Waals surface area (Å²) in [6.45, 7) is 4.48. The molecule has 0 saturated heterocycles. The number of methoxy groups -OCH3 is 1. The SMILES string of the molecule is COc1ccc(Oc2ccc(C(C)(C)c3ccccc3)cc2)cc1. The Morgan fingerprint density at radius 1 is 0.583 bits per heavy atom. The molecule has 122 valence electrons. The second kappa shape index (κ2) is 6.79. The van der Waals surface area contributed by atoms with Gasteiger partial charge in [-0.25, -0.2) is 0 Å². The van der Waals surface area contributed by atoms with E-state index in [1.54, 1.807) is 7.11 Å². The second-order valence-corrected chi connectivity index (χ2v) is 6.29. The average molecular weight is 318 g/mol. The number of rotatable bonds is 5. The minimum absolute atomic E-state index is 0.0418. The summed E-state index contributed by atoms with van der Waals surface area (Å²) in [6, 6.07) is 26.4. The molecule has 0 amide bonds. The largest absolute Gasteiger partial charge is 0.497 e. The monoisotopic (exact) mass is 318 g/mol. The normalized spacial score (nSPS) is 11.1. The van der Waals surface area contributed by atoms with Crippen LogP contribution in [0, 0.1) is 0 Å². The third kappa shape index (κ3) is 3.43. The fourth-order valence-electron chi connectivity index (χ4n) is 2.74. The summed E-state index contributed by atoms with van der Waals surface area (Å²) in [5.74, 6) is 2.45. The molecule has 3 aromatic carbocycles. The highest BCUT2D eigenvalue weighted by atomic mass is 16.5. The molecule has 0 N–H and O–H groups in total. The van der Waals surface area contributed by atoms with Crippen LogP contribution in [-0.4, -0.2) is 7.11 Å². The van der Waals surface area contributed by atoms with Crippen molar-refractivity contribution >= 4 is 0 Å². The lowest BCUT2D eigenvalue weighted by Crippen LogP contribution is -2.18. The van der Waals surface area contributed by atoms with E-state index in [0.29, 0.717) is 0 Å². The molecule has 0 radical (unpaired) electrons. The van der Waals surface area contributed by atoms with Gasteiger partial charge in [-0.05, 0) is 47.5 Å². The molecule has 0 aromatic heterocycles. The van der Waals surface area contributed by atoms with Crippen molar-refractivity contribution in [1.29, 1.82) is 0 Å². The van der Waals surface area contributed by atoms with Crippen molar-refractivity contribution in [2.45, 2.75) is 19.3 Å². The van der Waals surface area contributed by atoms with Crippen LogP contribution in [-0.2, 0) is 5.41 Å². The molecule has 0 aliphatic carbocycles. The molecule has 0 bridgehead atoms. The van der Waals surface area contributed by atoms with Gasteiger partial charge in [0.25, 0.3) is 0 Å². The quantitative estimate of drug-likeness (QED) is 0.590. The Kier molecular flexibility index (Phi) is 4.57. The van der Waals surface area contributed by atoms with Crippen LogP contribution < -0.4 is 9.47 Å². The third-order valence-corrected chi connectivity index (χ3v) is 4.37. The molecular formula is C22H22O2. The van der Waals surface area contributed by atoms with E-state index in [2.05, 4.69) is 50.2 Å². The molecule has 0 heterocycles. The lowest BCUT2D eigenvalue weighted by atomic mass is 9.78. The molecule has 0 fully saturated rings. The van der Waals surface area contributed by atoms with Crippen LogP contribution in [0.25, 0.3) is 0 Å². The smallest absolute Gasteiger partial charge is 0.127 e. The van der Waals surface area contributed by atoms with Crippen molar-refractivity contribution in [2.75, 3.05) is 7.11 Å². The molecule has 0 aliphatic heterocycles. The topological polar surface area (TPSA) is 18.5 Å². The van der Waals surface area contributed by atoms with Gasteiger partial charge in [0.15, 0.2) is 0 Å². The summed E-state index contributed by atoms with van der Waals surface area (Å²) in [7, 11) is 1.66. The summed E-state index contributed by atoms with van der Waals surface area (Å²) < 4.78 is 11.1. The fraction of sp³-hybridized carbons (Fsp3) is 0.182. The Morgan fingerprint density at radius 3 is 1.58 bits per heavy atom. The van der Waals surface area contributed by atoms with Crippen molar-refractivity contribution in [3.05, 3.63) is 90.0 Å². The molecule has 3 rings (SSSR count). The van der Waals surface area contributed by atoms with Gasteiger partial charge in [-0.2, -0.15) is 0 Å². The van der Waals surface area contributed by atoms with Crippen LogP contribution in [0.15, 0.2) is 78.9 Å². The molecule has 0 saturated carbocycles. The van der Waals surface area contributed by atoms with E-state index < -0.39 is 0 Å². The molecular weight excluding hydrogens is 296 g/mol. The van der Waals surface area contributed by atoms with Crippen LogP contribution in [0.1, 0.15) is 25.0 Å². The molecule has 0 aliphatic rings. The Hall–Kier alpha value is -2.74. The van der Waals surface area contributed by atoms with Crippen molar-refractivity contribution in [1.82, 2.24) is 0 Å². The van der Waals surface area contributed by atoms with Gasteiger partial charge in [0, 0.05) is 5.41 Å². The van der Waals surface area contributed by atoms with Crippen LogP contribution in [0.5, 0.6) is 17.2 Å². The summed E-state index contributed by atoms with van der Waals surface area (Å²) in [5.41, 5.74) is 2.52. The molecule has 2 nitrogen and oxygen atoms in total. The molecule has 0 spiro atoms. The van der Waals surface area contributed by atoms with Gasteiger partial charge in [0.1, 0.15) is 17.2 Å². The van der Waals surface area contributed by atoms with E-state index >= 15 is 0 Å². The van der Waals surface area contributed by atoms with Crippen molar-refractivity contribution in [3.8, 4) is 17.2 Å². The zero-order chi connectivity index (χ0) is 17.0. The molecule has 0 atom stereocenters. The predicted octanol–water partition coefficient (Wildman–Crippen LogP) is 5.81. The maximum absolute atomic E-state index is 5.90. The summed E-state index contributed by atoms with van der Waals surface area (Å²) in [4.78, 5) is 0. The van der Waals surface area contributed by atoms with E-state index in [1.165, 1.54) is 11.1 Å². The number of hydrogen-bond donors (Lipinski definition) is 0. The first-order valence-electron chi connectivity index (χ1n) is 8.07. The molecule has 24 heavy (non-hydrogen) atoms. The van der Waals surface area contributed by atoms with Crippen LogP contribution >= 0.6 is 0 Å². The standard InChI is InChI=1S/C22H22O2/c1-22(2,17-7-5-4-6-8-17)18-9-11-20(12-10-18)24-21-15-13-19(23-3)14-16-21/h4-16H,1-3H3. The van der Waals surface area contributed by atoms with Crippen LogP contribution in [0.2, 0.25) is 0 Å². The zero-order valence-electron chi connectivity index (χ0n) is 14.3. The maximum Gasteiger partial charge on any atom is 0.127 e. The number of hydrogen-bond acceptors (Lipinski definition) is 2. The van der Waals surface area contributed by atoms with Gasteiger partial charge in [0.05, 0.1) is 7.11 Å². The first-order valence-corrected chi connectivity index (χ1v) is 8.07. The van der Waals surface area contributed by atoms with E-state index in [-0.39, 0.29) is 5.41 Å². The zero-order valence-corrected chi connectivity index (χ0v) is 14.3. The van der Waals surface area contributed by atoms with Crippen LogP contribution in [0.4, 0.5) is 0 Å². The lowest BCUT2D eigenvalue weighted by Gasteiger charge is -2.26. The van der Waals surface area contributed by atoms with Gasteiger partial charge < -0.3 is 9.47 Å². The molecule has 0 unspecified atom stereocenters. The average Bonchev–Trinajstić information content (AvgIpc) is 2.63. The summed E-state index contributed by atoms with van der Waals surface area (Å²) in [6.07, 6.45) is 0. The highest BCUT2D eigenvalue weighted by Crippen LogP contribution is 2.33. The predicted molar refractivity (Wildman–Crippen MR) is 98.1 cm³/mol. The maximum atomic E-state index is 5.90. The number of ether oxygens (including phenoxy) is 2. The van der Waals surface area contributed by atoms with Crippen molar-refractivity contribution in [3.63, 3.8) is 0 Å². The Morgan fingerprint density at radius 2 is 1.04 bits per heavy atom. The van der Waals surface area contributed by atoms with Crippen molar-refractivity contribution < 1.29 is 9.47 Å². The third-order valence-electron chi connectivity index (χ3n) is 4.37. The van der Waals surface area contributed by atoms with Crippen molar-refractivity contribution in [2.24, 2.45) is 0 Å². The molecule has 3 aromatic rings. The van der Waals surface area contributed by atoms with Gasteiger partial charge >= 0.3 is 0 Å². The van der Waals surface area contributed by atoms with E-state index in [0.717, 1.165) is 17.2 Å². The Bertz CT molecular complexity index is 772. The molecule has 2 heteroatoms. The summed E-state index contributed by atoms with van der Waals surface area (Å²) >= 11 is 0. The van der Waals surface area contributed by atoms with Gasteiger partial charge in [-0.1, -0.05) is 56.3 Å².